The number of hydrogen-bond donors (Lipinski definition) is 0. The van der Waals surface area contributed by atoms with Crippen molar-refractivity contribution in [2.45, 2.75) is 12.5 Å². The Bertz CT molecular complexity index is 289. The molecule has 4 nitrogen and oxygen atoms in total. The highest BCUT2D eigenvalue weighted by atomic mass is 35.5. The molecule has 1 aromatic heterocycles. The number of aryl methyl sites for hydroxylation is 1. The number of hydrogen-bond acceptors (Lipinski definition) is 5. The van der Waals surface area contributed by atoms with Gasteiger partial charge in [-0.2, -0.15) is 0 Å². The van der Waals surface area contributed by atoms with Gasteiger partial charge in [-0.15, -0.1) is 21.8 Å². The van der Waals surface area contributed by atoms with Gasteiger partial charge in [0.25, 0.3) is 0 Å². The van der Waals surface area contributed by atoms with Crippen LogP contribution >= 0.6 is 22.9 Å². The molecular weight excluding hydrogens is 224 g/mol. The summed E-state index contributed by atoms with van der Waals surface area (Å²) in [5.41, 5.74) is 0. The lowest BCUT2D eigenvalue weighted by atomic mass is 10.4. The molecule has 0 amide bonds. The maximum Gasteiger partial charge on any atom is 0.148 e. The average molecular weight is 235 g/mol. The lowest BCUT2D eigenvalue weighted by molar-refractivity contribution is -0.0903. The predicted octanol–water partition coefficient (Wildman–Crippen LogP) is 1.41. The summed E-state index contributed by atoms with van der Waals surface area (Å²) in [6, 6.07) is 0. The Kier molecular flexibility index (Phi) is 3.69. The molecule has 0 bridgehead atoms. The molecule has 1 unspecified atom stereocenters. The first-order chi connectivity index (χ1) is 6.90. The van der Waals surface area contributed by atoms with E-state index in [9.17, 15) is 0 Å². The lowest BCUT2D eigenvalue weighted by Crippen LogP contribution is -2.21. The van der Waals surface area contributed by atoms with E-state index >= 15 is 0 Å². The fourth-order valence-electron chi connectivity index (χ4n) is 1.21. The SMILES string of the molecule is ClCCc1nnc(C2COCCO2)s1. The van der Waals surface area contributed by atoms with Crippen molar-refractivity contribution < 1.29 is 9.47 Å². The molecule has 2 heterocycles. The summed E-state index contributed by atoms with van der Waals surface area (Å²) in [5.74, 6) is 0.580. The highest BCUT2D eigenvalue weighted by Crippen LogP contribution is 2.24. The van der Waals surface area contributed by atoms with E-state index in [1.807, 2.05) is 0 Å². The highest BCUT2D eigenvalue weighted by Gasteiger charge is 2.20. The topological polar surface area (TPSA) is 44.2 Å². The quantitative estimate of drug-likeness (QED) is 0.742. The minimum absolute atomic E-state index is 0.0367. The van der Waals surface area contributed by atoms with Gasteiger partial charge < -0.3 is 9.47 Å². The van der Waals surface area contributed by atoms with Crippen LogP contribution in [0.5, 0.6) is 0 Å². The number of nitrogens with zero attached hydrogens (tertiary/aromatic N) is 2. The van der Waals surface area contributed by atoms with Gasteiger partial charge >= 0.3 is 0 Å². The van der Waals surface area contributed by atoms with Gasteiger partial charge in [0.05, 0.1) is 19.8 Å². The van der Waals surface area contributed by atoms with Gasteiger partial charge in [-0.05, 0) is 0 Å². The Hall–Kier alpha value is -0.230. The van der Waals surface area contributed by atoms with E-state index < -0.39 is 0 Å². The Morgan fingerprint density at radius 2 is 2.36 bits per heavy atom. The Morgan fingerprint density at radius 1 is 1.43 bits per heavy atom. The normalized spacial score (nSPS) is 22.5. The van der Waals surface area contributed by atoms with Crippen LogP contribution in [0.3, 0.4) is 0 Å². The zero-order chi connectivity index (χ0) is 9.80. The summed E-state index contributed by atoms with van der Waals surface area (Å²) in [6.07, 6.45) is 0.734. The summed E-state index contributed by atoms with van der Waals surface area (Å²) in [5, 5.41) is 9.95. The first kappa shape index (κ1) is 10.3. The van der Waals surface area contributed by atoms with E-state index in [2.05, 4.69) is 10.2 Å². The van der Waals surface area contributed by atoms with Crippen LogP contribution in [0.2, 0.25) is 0 Å². The number of aromatic nitrogens is 2. The molecule has 0 N–H and O–H groups in total. The molecule has 0 saturated carbocycles. The molecule has 0 radical (unpaired) electrons. The molecule has 14 heavy (non-hydrogen) atoms. The lowest BCUT2D eigenvalue weighted by Gasteiger charge is -2.20. The van der Waals surface area contributed by atoms with Gasteiger partial charge in [-0.3, -0.25) is 0 Å². The first-order valence-electron chi connectivity index (χ1n) is 4.47. The summed E-state index contributed by atoms with van der Waals surface area (Å²) in [6.45, 7) is 1.88. The van der Waals surface area contributed by atoms with Crippen LogP contribution in [0.15, 0.2) is 0 Å². The molecule has 1 aliphatic rings. The largest absolute Gasteiger partial charge is 0.376 e. The van der Waals surface area contributed by atoms with E-state index in [1.165, 1.54) is 0 Å². The van der Waals surface area contributed by atoms with E-state index in [4.69, 9.17) is 21.1 Å². The zero-order valence-electron chi connectivity index (χ0n) is 7.61. The summed E-state index contributed by atoms with van der Waals surface area (Å²) < 4.78 is 10.8. The van der Waals surface area contributed by atoms with E-state index in [-0.39, 0.29) is 6.10 Å². The molecule has 0 aromatic carbocycles. The third-order valence-electron chi connectivity index (χ3n) is 1.88. The van der Waals surface area contributed by atoms with Gasteiger partial charge in [0, 0.05) is 12.3 Å². The van der Waals surface area contributed by atoms with Crippen LogP contribution in [-0.4, -0.2) is 35.9 Å². The highest BCUT2D eigenvalue weighted by molar-refractivity contribution is 7.11. The van der Waals surface area contributed by atoms with Crippen molar-refractivity contribution >= 4 is 22.9 Å². The molecule has 0 spiro atoms. The molecule has 1 aromatic rings. The van der Waals surface area contributed by atoms with Gasteiger partial charge in [-0.25, -0.2) is 0 Å². The second-order valence-corrected chi connectivity index (χ2v) is 4.38. The number of halogens is 1. The van der Waals surface area contributed by atoms with Gasteiger partial charge in [0.1, 0.15) is 16.1 Å². The molecule has 1 aliphatic heterocycles. The minimum atomic E-state index is -0.0367. The fourth-order valence-corrected chi connectivity index (χ4v) is 2.38. The average Bonchev–Trinajstić information content (AvgIpc) is 2.68. The van der Waals surface area contributed by atoms with Gasteiger partial charge in [0.2, 0.25) is 0 Å². The number of rotatable bonds is 3. The van der Waals surface area contributed by atoms with Crippen molar-refractivity contribution in [3.05, 3.63) is 10.0 Å². The first-order valence-corrected chi connectivity index (χ1v) is 5.83. The maximum absolute atomic E-state index is 5.61. The Labute approximate surface area is 91.2 Å². The van der Waals surface area contributed by atoms with Crippen LogP contribution in [0.25, 0.3) is 0 Å². The van der Waals surface area contributed by atoms with Crippen molar-refractivity contribution in [3.8, 4) is 0 Å². The number of ether oxygens (including phenoxy) is 2. The smallest absolute Gasteiger partial charge is 0.148 e. The van der Waals surface area contributed by atoms with Crippen LogP contribution in [0.1, 0.15) is 16.1 Å². The minimum Gasteiger partial charge on any atom is -0.376 e. The van der Waals surface area contributed by atoms with Crippen molar-refractivity contribution in [2.75, 3.05) is 25.7 Å². The Balaban J connectivity index is 2.00. The molecule has 1 saturated heterocycles. The standard InChI is InChI=1S/C8H11ClN2O2S/c9-2-1-7-10-11-8(14-7)6-5-12-3-4-13-6/h6H,1-5H2. The van der Waals surface area contributed by atoms with Crippen LogP contribution in [0.4, 0.5) is 0 Å². The Morgan fingerprint density at radius 3 is 3.07 bits per heavy atom. The van der Waals surface area contributed by atoms with Crippen LogP contribution in [-0.2, 0) is 15.9 Å². The molecule has 1 atom stereocenters. The second kappa shape index (κ2) is 5.02. The second-order valence-electron chi connectivity index (χ2n) is 2.91. The van der Waals surface area contributed by atoms with E-state index in [0.29, 0.717) is 25.7 Å². The molecule has 6 heteroatoms. The molecular formula is C8H11ClN2O2S. The molecule has 1 fully saturated rings. The van der Waals surface area contributed by atoms with Crippen molar-refractivity contribution in [1.29, 1.82) is 0 Å². The summed E-state index contributed by atoms with van der Waals surface area (Å²) >= 11 is 7.17. The predicted molar refractivity (Wildman–Crippen MR) is 53.8 cm³/mol. The molecule has 2 rings (SSSR count). The van der Waals surface area contributed by atoms with Crippen LogP contribution < -0.4 is 0 Å². The molecule has 0 aliphatic carbocycles. The van der Waals surface area contributed by atoms with E-state index in [1.54, 1.807) is 11.3 Å². The van der Waals surface area contributed by atoms with Gasteiger partial charge in [0.15, 0.2) is 0 Å². The monoisotopic (exact) mass is 234 g/mol. The maximum atomic E-state index is 5.61. The third kappa shape index (κ3) is 2.42. The van der Waals surface area contributed by atoms with Crippen molar-refractivity contribution in [1.82, 2.24) is 10.2 Å². The number of alkyl halides is 1. The van der Waals surface area contributed by atoms with Crippen molar-refractivity contribution in [2.24, 2.45) is 0 Å². The molecule has 78 valence electrons. The fraction of sp³-hybridized carbons (Fsp3) is 0.750. The summed E-state index contributed by atoms with van der Waals surface area (Å²) in [7, 11) is 0. The van der Waals surface area contributed by atoms with E-state index in [0.717, 1.165) is 16.4 Å². The van der Waals surface area contributed by atoms with Crippen molar-refractivity contribution in [3.63, 3.8) is 0 Å². The third-order valence-corrected chi connectivity index (χ3v) is 3.15. The van der Waals surface area contributed by atoms with Gasteiger partial charge in [-0.1, -0.05) is 11.3 Å². The summed E-state index contributed by atoms with van der Waals surface area (Å²) in [4.78, 5) is 0. The zero-order valence-corrected chi connectivity index (χ0v) is 9.18. The van der Waals surface area contributed by atoms with Crippen LogP contribution in [0, 0.1) is 0 Å².